The number of carbonyl (C=O) groups is 1. The molecule has 9 nitrogen and oxygen atoms in total. The Kier molecular flexibility index (Phi) is 6.85. The number of aromatic nitrogens is 5. The monoisotopic (exact) mass is 553 g/mol. The van der Waals surface area contributed by atoms with Crippen LogP contribution in [0.25, 0.3) is 22.5 Å². The zero-order valence-electron chi connectivity index (χ0n) is 23.9. The molecule has 2 atom stereocenters. The molecule has 2 N–H and O–H groups in total. The third kappa shape index (κ3) is 5.46. The summed E-state index contributed by atoms with van der Waals surface area (Å²) >= 11 is 0. The minimum absolute atomic E-state index is 0.0383. The van der Waals surface area contributed by atoms with Crippen molar-refractivity contribution in [3.63, 3.8) is 0 Å². The quantitative estimate of drug-likeness (QED) is 0.312. The second kappa shape index (κ2) is 10.4. The summed E-state index contributed by atoms with van der Waals surface area (Å²) in [6, 6.07) is 12.9. The standard InChI is InChI=1S/C32H35N5O4/c1-18-10-22(31-34-36-37(35-31)17-32(3,4)40)11-19(2)29(18)26-7-5-6-24-21(8-9-25(24)26)12-20-13-27-30(33-15-20)23(16-41-27)14-28(38)39/h5-7,10-11,13,15,21,23,40H,8-9,12,14,16-17H2,1-4H3,(H,38,39)/t21-,23?/m0/s1. The van der Waals surface area contributed by atoms with Gasteiger partial charge in [0.25, 0.3) is 0 Å². The molecular weight excluding hydrogens is 518 g/mol. The van der Waals surface area contributed by atoms with E-state index >= 15 is 0 Å². The molecule has 2 aromatic carbocycles. The van der Waals surface area contributed by atoms with E-state index in [9.17, 15) is 15.0 Å². The van der Waals surface area contributed by atoms with Gasteiger partial charge in [0, 0.05) is 17.7 Å². The number of aryl methyl sites for hydroxylation is 2. The molecule has 0 amide bonds. The maximum Gasteiger partial charge on any atom is 0.304 e. The van der Waals surface area contributed by atoms with E-state index < -0.39 is 11.6 Å². The Morgan fingerprint density at radius 2 is 1.93 bits per heavy atom. The van der Waals surface area contributed by atoms with Gasteiger partial charge in [0.1, 0.15) is 5.75 Å². The smallest absolute Gasteiger partial charge is 0.304 e. The van der Waals surface area contributed by atoms with Crippen LogP contribution < -0.4 is 4.74 Å². The molecule has 9 heteroatoms. The average molecular weight is 554 g/mol. The summed E-state index contributed by atoms with van der Waals surface area (Å²) < 4.78 is 5.80. The van der Waals surface area contributed by atoms with Gasteiger partial charge in [-0.2, -0.15) is 4.80 Å². The lowest BCUT2D eigenvalue weighted by atomic mass is 9.87. The summed E-state index contributed by atoms with van der Waals surface area (Å²) in [6.07, 6.45) is 4.88. The lowest BCUT2D eigenvalue weighted by molar-refractivity contribution is -0.137. The van der Waals surface area contributed by atoms with Crippen molar-refractivity contribution < 1.29 is 19.7 Å². The van der Waals surface area contributed by atoms with Crippen molar-refractivity contribution in [3.05, 3.63) is 76.1 Å². The normalized spacial score (nSPS) is 17.8. The van der Waals surface area contributed by atoms with Crippen molar-refractivity contribution >= 4 is 5.97 Å². The molecule has 4 aromatic rings. The van der Waals surface area contributed by atoms with E-state index in [1.165, 1.54) is 27.1 Å². The first kappa shape index (κ1) is 27.1. The fraction of sp³-hybridized carbons (Fsp3) is 0.406. The Labute approximate surface area is 239 Å². The number of hydrogen-bond donors (Lipinski definition) is 2. The number of hydrogen-bond acceptors (Lipinski definition) is 7. The van der Waals surface area contributed by atoms with E-state index in [2.05, 4.69) is 64.6 Å². The molecule has 212 valence electrons. The first-order chi connectivity index (χ1) is 19.6. The molecule has 0 fully saturated rings. The van der Waals surface area contributed by atoms with Gasteiger partial charge in [-0.3, -0.25) is 9.78 Å². The second-order valence-electron chi connectivity index (χ2n) is 12.1. The van der Waals surface area contributed by atoms with Crippen LogP contribution in [-0.4, -0.2) is 53.6 Å². The van der Waals surface area contributed by atoms with Crippen LogP contribution in [0.5, 0.6) is 5.75 Å². The summed E-state index contributed by atoms with van der Waals surface area (Å²) in [4.78, 5) is 17.2. The van der Waals surface area contributed by atoms with Gasteiger partial charge in [-0.25, -0.2) is 0 Å². The highest BCUT2D eigenvalue weighted by molar-refractivity contribution is 5.78. The molecule has 0 spiro atoms. The van der Waals surface area contributed by atoms with Gasteiger partial charge in [0.2, 0.25) is 5.82 Å². The number of ether oxygens (including phenoxy) is 1. The molecular formula is C32H35N5O4. The van der Waals surface area contributed by atoms with Crippen molar-refractivity contribution in [1.29, 1.82) is 0 Å². The zero-order chi connectivity index (χ0) is 28.9. The Hall–Kier alpha value is -4.11. The number of carboxylic acid groups (broad SMARTS) is 1. The summed E-state index contributed by atoms with van der Waals surface area (Å²) in [5.41, 5.74) is 9.48. The SMILES string of the molecule is Cc1cc(-c2nnn(CC(C)(C)O)n2)cc(C)c1-c1cccc2c1CC[C@H]2Cc1cnc2c(c1)OCC2CC(=O)O. The molecule has 2 aliphatic rings. The number of fused-ring (bicyclic) bond motifs is 2. The fourth-order valence-corrected chi connectivity index (χ4v) is 6.43. The van der Waals surface area contributed by atoms with Crippen LogP contribution >= 0.6 is 0 Å². The number of carboxylic acids is 1. The van der Waals surface area contributed by atoms with Gasteiger partial charge in [0.15, 0.2) is 0 Å². The zero-order valence-corrected chi connectivity index (χ0v) is 23.9. The van der Waals surface area contributed by atoms with E-state index in [1.54, 1.807) is 13.8 Å². The number of aliphatic hydroxyl groups is 1. The molecule has 41 heavy (non-hydrogen) atoms. The van der Waals surface area contributed by atoms with Crippen LogP contribution in [0.4, 0.5) is 0 Å². The lowest BCUT2D eigenvalue weighted by Crippen LogP contribution is -2.27. The number of pyridine rings is 1. The molecule has 0 saturated heterocycles. The topological polar surface area (TPSA) is 123 Å². The third-order valence-corrected chi connectivity index (χ3v) is 8.10. The summed E-state index contributed by atoms with van der Waals surface area (Å²) in [6.45, 7) is 8.35. The summed E-state index contributed by atoms with van der Waals surface area (Å²) in [5, 5.41) is 32.1. The predicted octanol–water partition coefficient (Wildman–Crippen LogP) is 5.01. The third-order valence-electron chi connectivity index (χ3n) is 8.10. The van der Waals surface area contributed by atoms with Crippen LogP contribution in [0.1, 0.15) is 72.0 Å². The van der Waals surface area contributed by atoms with Crippen LogP contribution in [-0.2, 0) is 24.2 Å². The van der Waals surface area contributed by atoms with Crippen molar-refractivity contribution in [3.8, 4) is 28.3 Å². The minimum Gasteiger partial charge on any atom is -0.491 e. The molecule has 0 bridgehead atoms. The van der Waals surface area contributed by atoms with E-state index in [0.717, 1.165) is 53.0 Å². The van der Waals surface area contributed by atoms with Gasteiger partial charge in [-0.15, -0.1) is 10.2 Å². The largest absolute Gasteiger partial charge is 0.491 e. The van der Waals surface area contributed by atoms with Crippen LogP contribution in [0.3, 0.4) is 0 Å². The average Bonchev–Trinajstić information content (AvgIpc) is 3.62. The molecule has 3 heterocycles. The fourth-order valence-electron chi connectivity index (χ4n) is 6.43. The van der Waals surface area contributed by atoms with Gasteiger partial charge in [-0.1, -0.05) is 18.2 Å². The highest BCUT2D eigenvalue weighted by Gasteiger charge is 2.30. The lowest BCUT2D eigenvalue weighted by Gasteiger charge is -2.17. The van der Waals surface area contributed by atoms with E-state index in [4.69, 9.17) is 4.74 Å². The van der Waals surface area contributed by atoms with E-state index in [1.807, 2.05) is 12.3 Å². The molecule has 1 aliphatic carbocycles. The Morgan fingerprint density at radius 3 is 2.66 bits per heavy atom. The van der Waals surface area contributed by atoms with Gasteiger partial charge in [-0.05, 0) is 115 Å². The van der Waals surface area contributed by atoms with E-state index in [-0.39, 0.29) is 18.9 Å². The van der Waals surface area contributed by atoms with Crippen molar-refractivity contribution in [2.24, 2.45) is 0 Å². The Morgan fingerprint density at radius 1 is 1.15 bits per heavy atom. The van der Waals surface area contributed by atoms with Crippen LogP contribution in [0.15, 0.2) is 42.6 Å². The predicted molar refractivity (Wildman–Crippen MR) is 154 cm³/mol. The Bertz CT molecular complexity index is 1610. The molecule has 6 rings (SSSR count). The number of tetrazole rings is 1. The summed E-state index contributed by atoms with van der Waals surface area (Å²) in [7, 11) is 0. The van der Waals surface area contributed by atoms with Crippen molar-refractivity contribution in [2.45, 2.75) is 77.4 Å². The minimum atomic E-state index is -0.922. The van der Waals surface area contributed by atoms with E-state index in [0.29, 0.717) is 18.3 Å². The van der Waals surface area contributed by atoms with Gasteiger partial charge in [0.05, 0.1) is 30.9 Å². The molecule has 0 radical (unpaired) electrons. The van der Waals surface area contributed by atoms with Crippen LogP contribution in [0.2, 0.25) is 0 Å². The highest BCUT2D eigenvalue weighted by Crippen LogP contribution is 2.43. The molecule has 1 aliphatic heterocycles. The highest BCUT2D eigenvalue weighted by atomic mass is 16.5. The second-order valence-corrected chi connectivity index (χ2v) is 12.1. The number of nitrogens with zero attached hydrogens (tertiary/aromatic N) is 5. The van der Waals surface area contributed by atoms with Gasteiger partial charge < -0.3 is 14.9 Å². The molecule has 1 unspecified atom stereocenters. The first-order valence-electron chi connectivity index (χ1n) is 14.1. The Balaban J connectivity index is 1.25. The molecule has 2 aromatic heterocycles. The first-order valence-corrected chi connectivity index (χ1v) is 14.1. The number of rotatable bonds is 8. The number of aliphatic carboxylic acids is 1. The van der Waals surface area contributed by atoms with Crippen molar-refractivity contribution in [1.82, 2.24) is 25.2 Å². The number of benzene rings is 2. The maximum atomic E-state index is 11.2. The van der Waals surface area contributed by atoms with Crippen molar-refractivity contribution in [2.75, 3.05) is 6.61 Å². The maximum absolute atomic E-state index is 11.2. The van der Waals surface area contributed by atoms with Crippen LogP contribution in [0, 0.1) is 13.8 Å². The molecule has 0 saturated carbocycles. The van der Waals surface area contributed by atoms with Gasteiger partial charge >= 0.3 is 5.97 Å². The summed E-state index contributed by atoms with van der Waals surface area (Å²) in [5.74, 6) is 0.645.